The van der Waals surface area contributed by atoms with E-state index in [2.05, 4.69) is 69.7 Å². The van der Waals surface area contributed by atoms with E-state index in [1.54, 1.807) is 0 Å². The molecule has 0 aliphatic carbocycles. The van der Waals surface area contributed by atoms with Crippen molar-refractivity contribution in [3.05, 3.63) is 47.8 Å². The Morgan fingerprint density at radius 3 is 2.47 bits per heavy atom. The summed E-state index contributed by atoms with van der Waals surface area (Å²) in [5.74, 6) is 0.785. The Kier molecular flexibility index (Phi) is 7.89. The first-order valence-electron chi connectivity index (χ1n) is 12.2. The molecule has 0 bridgehead atoms. The van der Waals surface area contributed by atoms with Gasteiger partial charge in [-0.3, -0.25) is 9.80 Å². The standard InChI is InChI=1S/C26H39N5O/c1-20(2)30-10-7-24(8-11-30)31-13-12-29(19-25(31)9-14-32)18-22-16-27-26(28-17-22)23-6-4-5-21(3)15-23/h4-6,15-17,20,24-25,32H,7-14,18-19H2,1-3H3. The molecule has 1 aromatic carbocycles. The molecule has 4 rings (SSSR count). The topological polar surface area (TPSA) is 55.7 Å². The van der Waals surface area contributed by atoms with Crippen LogP contribution >= 0.6 is 0 Å². The molecular weight excluding hydrogens is 398 g/mol. The van der Waals surface area contributed by atoms with Crippen molar-refractivity contribution in [1.29, 1.82) is 0 Å². The maximum absolute atomic E-state index is 9.71. The van der Waals surface area contributed by atoms with Crippen LogP contribution in [0.2, 0.25) is 0 Å². The zero-order valence-electron chi connectivity index (χ0n) is 20.0. The van der Waals surface area contributed by atoms with Crippen LogP contribution in [0.3, 0.4) is 0 Å². The van der Waals surface area contributed by atoms with Crippen molar-refractivity contribution in [3.8, 4) is 11.4 Å². The van der Waals surface area contributed by atoms with E-state index in [9.17, 15) is 5.11 Å². The van der Waals surface area contributed by atoms with Crippen LogP contribution in [0.5, 0.6) is 0 Å². The van der Waals surface area contributed by atoms with Crippen molar-refractivity contribution < 1.29 is 5.11 Å². The lowest BCUT2D eigenvalue weighted by Crippen LogP contribution is -2.58. The van der Waals surface area contributed by atoms with E-state index < -0.39 is 0 Å². The third-order valence-electron chi connectivity index (χ3n) is 7.16. The van der Waals surface area contributed by atoms with Crippen molar-refractivity contribution in [2.75, 3.05) is 39.3 Å². The number of aryl methyl sites for hydroxylation is 1. The lowest BCUT2D eigenvalue weighted by molar-refractivity contribution is -0.0000784. The molecule has 1 unspecified atom stereocenters. The van der Waals surface area contributed by atoms with Crippen molar-refractivity contribution >= 4 is 0 Å². The molecule has 1 aromatic heterocycles. The minimum atomic E-state index is 0.258. The molecule has 0 amide bonds. The van der Waals surface area contributed by atoms with Gasteiger partial charge >= 0.3 is 0 Å². The van der Waals surface area contributed by atoms with Crippen molar-refractivity contribution in [1.82, 2.24) is 24.7 Å². The highest BCUT2D eigenvalue weighted by molar-refractivity contribution is 5.55. The van der Waals surface area contributed by atoms with Gasteiger partial charge in [0.15, 0.2) is 5.82 Å². The third-order valence-corrected chi connectivity index (χ3v) is 7.16. The number of aliphatic hydroxyl groups is 1. The number of rotatable bonds is 7. The summed E-state index contributed by atoms with van der Waals surface area (Å²) in [6, 6.07) is 10.0. The first-order valence-corrected chi connectivity index (χ1v) is 12.2. The van der Waals surface area contributed by atoms with Gasteiger partial charge in [-0.2, -0.15) is 0 Å². The normalized spacial score (nSPS) is 22.0. The van der Waals surface area contributed by atoms with Crippen LogP contribution in [-0.4, -0.2) is 87.2 Å². The van der Waals surface area contributed by atoms with Crippen LogP contribution < -0.4 is 0 Å². The van der Waals surface area contributed by atoms with Crippen LogP contribution in [0.4, 0.5) is 0 Å². The Bertz CT molecular complexity index is 848. The van der Waals surface area contributed by atoms with Crippen LogP contribution in [-0.2, 0) is 6.54 Å². The molecule has 2 aliphatic rings. The molecule has 0 radical (unpaired) electrons. The quantitative estimate of drug-likeness (QED) is 0.718. The van der Waals surface area contributed by atoms with Crippen LogP contribution in [0.1, 0.15) is 44.2 Å². The summed E-state index contributed by atoms with van der Waals surface area (Å²) in [5, 5.41) is 9.71. The van der Waals surface area contributed by atoms with E-state index in [-0.39, 0.29) is 6.61 Å². The van der Waals surface area contributed by atoms with Gasteiger partial charge in [0.05, 0.1) is 0 Å². The summed E-state index contributed by atoms with van der Waals surface area (Å²) < 4.78 is 0. The van der Waals surface area contributed by atoms with Gasteiger partial charge in [0.25, 0.3) is 0 Å². The average Bonchev–Trinajstić information content (AvgIpc) is 2.80. The Hall–Kier alpha value is -1.86. The highest BCUT2D eigenvalue weighted by Gasteiger charge is 2.33. The number of hydrogen-bond acceptors (Lipinski definition) is 6. The number of piperazine rings is 1. The number of hydrogen-bond donors (Lipinski definition) is 1. The summed E-state index contributed by atoms with van der Waals surface area (Å²) in [4.78, 5) is 17.0. The Labute approximate surface area is 193 Å². The predicted molar refractivity (Wildman–Crippen MR) is 129 cm³/mol. The van der Waals surface area contributed by atoms with Gasteiger partial charge in [0, 0.05) is 74.4 Å². The monoisotopic (exact) mass is 437 g/mol. The largest absolute Gasteiger partial charge is 0.396 e. The first kappa shape index (κ1) is 23.3. The van der Waals surface area contributed by atoms with Crippen LogP contribution in [0.15, 0.2) is 36.7 Å². The maximum atomic E-state index is 9.71. The first-order chi connectivity index (χ1) is 15.5. The van der Waals surface area contributed by atoms with E-state index in [1.165, 1.54) is 31.5 Å². The van der Waals surface area contributed by atoms with Gasteiger partial charge in [0.1, 0.15) is 0 Å². The summed E-state index contributed by atoms with van der Waals surface area (Å²) in [6.45, 7) is 13.3. The third kappa shape index (κ3) is 5.73. The highest BCUT2D eigenvalue weighted by Crippen LogP contribution is 2.25. The number of benzene rings is 1. The molecule has 6 nitrogen and oxygen atoms in total. The van der Waals surface area contributed by atoms with E-state index in [0.29, 0.717) is 18.1 Å². The van der Waals surface area contributed by atoms with Gasteiger partial charge in [0.2, 0.25) is 0 Å². The summed E-state index contributed by atoms with van der Waals surface area (Å²) in [6.07, 6.45) is 7.28. The lowest BCUT2D eigenvalue weighted by Gasteiger charge is -2.48. The molecular formula is C26H39N5O. The summed E-state index contributed by atoms with van der Waals surface area (Å²) in [7, 11) is 0. The minimum Gasteiger partial charge on any atom is -0.396 e. The molecule has 32 heavy (non-hydrogen) atoms. The fourth-order valence-corrected chi connectivity index (χ4v) is 5.33. The van der Waals surface area contributed by atoms with Crippen LogP contribution in [0, 0.1) is 6.92 Å². The highest BCUT2D eigenvalue weighted by atomic mass is 16.3. The molecule has 2 aliphatic heterocycles. The van der Waals surface area contributed by atoms with Gasteiger partial charge in [-0.15, -0.1) is 0 Å². The Balaban J connectivity index is 1.35. The molecule has 0 saturated carbocycles. The average molecular weight is 438 g/mol. The number of aromatic nitrogens is 2. The van der Waals surface area contributed by atoms with Crippen molar-refractivity contribution in [3.63, 3.8) is 0 Å². The Morgan fingerprint density at radius 2 is 1.81 bits per heavy atom. The molecule has 1 N–H and O–H groups in total. The molecule has 2 fully saturated rings. The second-order valence-corrected chi connectivity index (χ2v) is 9.78. The molecule has 2 aromatic rings. The second-order valence-electron chi connectivity index (χ2n) is 9.78. The molecule has 0 spiro atoms. The molecule has 3 heterocycles. The number of piperidine rings is 1. The van der Waals surface area contributed by atoms with E-state index in [1.807, 2.05) is 12.4 Å². The number of aliphatic hydroxyl groups excluding tert-OH is 1. The van der Waals surface area contributed by atoms with Gasteiger partial charge in [-0.25, -0.2) is 9.97 Å². The summed E-state index contributed by atoms with van der Waals surface area (Å²) >= 11 is 0. The zero-order valence-corrected chi connectivity index (χ0v) is 20.0. The van der Waals surface area contributed by atoms with E-state index >= 15 is 0 Å². The smallest absolute Gasteiger partial charge is 0.159 e. The van der Waals surface area contributed by atoms with Gasteiger partial charge in [-0.05, 0) is 59.2 Å². The fraction of sp³-hybridized carbons (Fsp3) is 0.615. The second kappa shape index (κ2) is 10.8. The molecule has 174 valence electrons. The number of likely N-dealkylation sites (tertiary alicyclic amines) is 1. The zero-order chi connectivity index (χ0) is 22.5. The number of nitrogens with zero attached hydrogens (tertiary/aromatic N) is 5. The van der Waals surface area contributed by atoms with E-state index in [4.69, 9.17) is 0 Å². The fourth-order valence-electron chi connectivity index (χ4n) is 5.33. The van der Waals surface area contributed by atoms with Crippen molar-refractivity contribution in [2.45, 2.75) is 64.7 Å². The molecule has 1 atom stereocenters. The van der Waals surface area contributed by atoms with Gasteiger partial charge < -0.3 is 10.0 Å². The van der Waals surface area contributed by atoms with Crippen LogP contribution in [0.25, 0.3) is 11.4 Å². The maximum Gasteiger partial charge on any atom is 0.159 e. The molecule has 6 heteroatoms. The lowest BCUT2D eigenvalue weighted by atomic mass is 9.97. The van der Waals surface area contributed by atoms with Crippen molar-refractivity contribution in [2.24, 2.45) is 0 Å². The predicted octanol–water partition coefficient (Wildman–Crippen LogP) is 3.19. The van der Waals surface area contributed by atoms with Gasteiger partial charge in [-0.1, -0.05) is 23.8 Å². The Morgan fingerprint density at radius 1 is 1.06 bits per heavy atom. The molecule has 2 saturated heterocycles. The minimum absolute atomic E-state index is 0.258. The summed E-state index contributed by atoms with van der Waals surface area (Å²) in [5.41, 5.74) is 3.44. The van der Waals surface area contributed by atoms with E-state index in [0.717, 1.165) is 49.6 Å². The SMILES string of the molecule is Cc1cccc(-c2ncc(CN3CCN(C4CCN(C(C)C)CC4)C(CCO)C3)cn2)c1.